The van der Waals surface area contributed by atoms with Crippen LogP contribution in [0.3, 0.4) is 0 Å². The lowest BCUT2D eigenvalue weighted by Gasteiger charge is -2.28. The third kappa shape index (κ3) is 3.48. The predicted molar refractivity (Wildman–Crippen MR) is 123 cm³/mol. The second-order valence-corrected chi connectivity index (χ2v) is 8.13. The molecule has 0 saturated carbocycles. The van der Waals surface area contributed by atoms with Crippen molar-refractivity contribution in [2.75, 3.05) is 30.0 Å². The van der Waals surface area contributed by atoms with E-state index in [2.05, 4.69) is 0 Å². The predicted octanol–water partition coefficient (Wildman–Crippen LogP) is 4.42. The lowest BCUT2D eigenvalue weighted by Crippen LogP contribution is -2.30. The minimum absolute atomic E-state index is 0.209. The zero-order valence-corrected chi connectivity index (χ0v) is 18.2. The van der Waals surface area contributed by atoms with Crippen LogP contribution in [0.1, 0.15) is 17.2 Å². The average Bonchev–Trinajstić information content (AvgIpc) is 3.11. The van der Waals surface area contributed by atoms with Crippen molar-refractivity contribution in [1.82, 2.24) is 0 Å². The number of ether oxygens (including phenoxy) is 1. The number of anilines is 2. The minimum Gasteiger partial charge on any atom is -0.507 e. The maximum Gasteiger partial charge on any atom is 0.300 e. The first-order valence-corrected chi connectivity index (χ1v) is 10.7. The van der Waals surface area contributed by atoms with Crippen LogP contribution in [0.5, 0.6) is 5.75 Å². The minimum atomic E-state index is -1.15. The van der Waals surface area contributed by atoms with Crippen LogP contribution >= 0.6 is 0 Å². The van der Waals surface area contributed by atoms with E-state index in [1.807, 2.05) is 11.9 Å². The Bertz CT molecular complexity index is 1340. The van der Waals surface area contributed by atoms with E-state index in [0.717, 1.165) is 28.8 Å². The molecule has 34 heavy (non-hydrogen) atoms. The van der Waals surface area contributed by atoms with E-state index in [-0.39, 0.29) is 11.3 Å². The molecule has 2 aliphatic rings. The molecule has 2 aliphatic heterocycles. The Balaban J connectivity index is 1.72. The maximum absolute atomic E-state index is 14.7. The molecule has 0 aromatic heterocycles. The Morgan fingerprint density at radius 3 is 2.53 bits per heavy atom. The normalized spacial score (nSPS) is 19.2. The molecule has 0 radical (unpaired) electrons. The molecule has 0 spiro atoms. The fraction of sp³-hybridized carbons (Fsp3) is 0.154. The molecule has 0 bridgehead atoms. The second kappa shape index (κ2) is 8.30. The summed E-state index contributed by atoms with van der Waals surface area (Å²) in [4.78, 5) is 29.1. The molecule has 1 amide bonds. The summed E-state index contributed by atoms with van der Waals surface area (Å²) in [6.07, 6.45) is 0. The van der Waals surface area contributed by atoms with Gasteiger partial charge in [0.1, 0.15) is 29.8 Å². The van der Waals surface area contributed by atoms with E-state index < -0.39 is 35.1 Å². The van der Waals surface area contributed by atoms with Gasteiger partial charge in [0.2, 0.25) is 0 Å². The Hall–Kier alpha value is -4.20. The molecular formula is C26H20F2N2O4. The number of benzene rings is 3. The lowest BCUT2D eigenvalue weighted by atomic mass is 9.95. The first-order valence-electron chi connectivity index (χ1n) is 10.7. The van der Waals surface area contributed by atoms with Crippen molar-refractivity contribution < 1.29 is 28.2 Å². The van der Waals surface area contributed by atoms with Crippen LogP contribution < -0.4 is 14.5 Å². The summed E-state index contributed by atoms with van der Waals surface area (Å²) in [5.74, 6) is -3.45. The third-order valence-corrected chi connectivity index (χ3v) is 6.06. The van der Waals surface area contributed by atoms with Gasteiger partial charge in [0.25, 0.3) is 11.7 Å². The van der Waals surface area contributed by atoms with Crippen molar-refractivity contribution in [2.45, 2.75) is 6.04 Å². The van der Waals surface area contributed by atoms with E-state index in [1.54, 1.807) is 48.5 Å². The number of aliphatic hydroxyl groups is 1. The van der Waals surface area contributed by atoms with E-state index in [4.69, 9.17) is 4.74 Å². The number of halogens is 2. The Morgan fingerprint density at radius 1 is 1.00 bits per heavy atom. The van der Waals surface area contributed by atoms with Crippen molar-refractivity contribution in [3.05, 3.63) is 95.1 Å². The van der Waals surface area contributed by atoms with Gasteiger partial charge in [-0.1, -0.05) is 30.3 Å². The van der Waals surface area contributed by atoms with E-state index >= 15 is 0 Å². The van der Waals surface area contributed by atoms with Crippen molar-refractivity contribution in [3.63, 3.8) is 0 Å². The molecule has 172 valence electrons. The maximum atomic E-state index is 14.7. The molecule has 5 rings (SSSR count). The van der Waals surface area contributed by atoms with Gasteiger partial charge in [-0.15, -0.1) is 0 Å². The van der Waals surface area contributed by atoms with E-state index in [0.29, 0.717) is 30.0 Å². The SMILES string of the molecule is CN1CCOc2ccc(/C(O)=C3/C(=O)C(=O)N(c4cc(F)ccc4F)C3c3ccccc3)cc21. The highest BCUT2D eigenvalue weighted by molar-refractivity contribution is 6.51. The summed E-state index contributed by atoms with van der Waals surface area (Å²) < 4.78 is 34.4. The van der Waals surface area contributed by atoms with Gasteiger partial charge in [-0.25, -0.2) is 8.78 Å². The van der Waals surface area contributed by atoms with Gasteiger partial charge < -0.3 is 14.7 Å². The van der Waals surface area contributed by atoms with Crippen molar-refractivity contribution in [3.8, 4) is 5.75 Å². The number of Topliss-reactive ketones (excluding diaryl/α,β-unsaturated/α-hetero) is 1. The number of fused-ring (bicyclic) bond motifs is 1. The molecule has 1 saturated heterocycles. The zero-order valence-electron chi connectivity index (χ0n) is 18.2. The van der Waals surface area contributed by atoms with Gasteiger partial charge in [-0.2, -0.15) is 0 Å². The first-order chi connectivity index (χ1) is 16.4. The Labute approximate surface area is 194 Å². The van der Waals surface area contributed by atoms with Crippen LogP contribution in [0.15, 0.2) is 72.3 Å². The number of likely N-dealkylation sites (N-methyl/N-ethyl adjacent to an activating group) is 1. The highest BCUT2D eigenvalue weighted by Crippen LogP contribution is 2.44. The number of hydrogen-bond acceptors (Lipinski definition) is 5. The molecule has 6 nitrogen and oxygen atoms in total. The number of hydrogen-bond donors (Lipinski definition) is 1. The molecule has 3 aromatic rings. The summed E-state index contributed by atoms with van der Waals surface area (Å²) in [7, 11) is 1.88. The summed E-state index contributed by atoms with van der Waals surface area (Å²) in [5.41, 5.74) is 0.893. The number of carbonyl (C=O) groups is 2. The standard InChI is InChI=1S/C26H20F2N2O4/c1-29-11-12-34-21-10-7-16(13-20(21)29)24(31)22-23(15-5-3-2-4-6-15)30(26(33)25(22)32)19-14-17(27)8-9-18(19)28/h2-10,13-14,23,31H,11-12H2,1H3/b24-22-. The van der Waals surface area contributed by atoms with Gasteiger partial charge >= 0.3 is 0 Å². The number of nitrogens with zero attached hydrogens (tertiary/aromatic N) is 2. The fourth-order valence-corrected chi connectivity index (χ4v) is 4.36. The average molecular weight is 462 g/mol. The summed E-state index contributed by atoms with van der Waals surface area (Å²) in [6.45, 7) is 1.16. The molecule has 2 heterocycles. The van der Waals surface area contributed by atoms with Gasteiger partial charge in [-0.3, -0.25) is 14.5 Å². The molecule has 1 N–H and O–H groups in total. The molecule has 8 heteroatoms. The molecular weight excluding hydrogens is 442 g/mol. The quantitative estimate of drug-likeness (QED) is 0.355. The number of rotatable bonds is 3. The lowest BCUT2D eigenvalue weighted by molar-refractivity contribution is -0.132. The summed E-state index contributed by atoms with van der Waals surface area (Å²) in [5, 5.41) is 11.3. The number of amides is 1. The number of aliphatic hydroxyl groups excluding tert-OH is 1. The molecule has 1 atom stereocenters. The van der Waals surface area contributed by atoms with E-state index in [9.17, 15) is 23.5 Å². The monoisotopic (exact) mass is 462 g/mol. The third-order valence-electron chi connectivity index (χ3n) is 6.06. The highest BCUT2D eigenvalue weighted by Gasteiger charge is 2.47. The molecule has 3 aromatic carbocycles. The topological polar surface area (TPSA) is 70.1 Å². The molecule has 1 fully saturated rings. The van der Waals surface area contributed by atoms with Crippen LogP contribution in [0.2, 0.25) is 0 Å². The van der Waals surface area contributed by atoms with Gasteiger partial charge in [0.05, 0.1) is 29.5 Å². The highest BCUT2D eigenvalue weighted by atomic mass is 19.1. The van der Waals surface area contributed by atoms with Crippen LogP contribution in [0.25, 0.3) is 5.76 Å². The number of carbonyl (C=O) groups excluding carboxylic acids is 2. The number of ketones is 1. The summed E-state index contributed by atoms with van der Waals surface area (Å²) in [6, 6.07) is 14.9. The van der Waals surface area contributed by atoms with Crippen molar-refractivity contribution >= 4 is 28.8 Å². The molecule has 0 aliphatic carbocycles. The largest absolute Gasteiger partial charge is 0.507 e. The Morgan fingerprint density at radius 2 is 1.76 bits per heavy atom. The summed E-state index contributed by atoms with van der Waals surface area (Å²) >= 11 is 0. The van der Waals surface area contributed by atoms with Crippen LogP contribution in [-0.2, 0) is 9.59 Å². The van der Waals surface area contributed by atoms with Gasteiger partial charge in [0.15, 0.2) is 0 Å². The van der Waals surface area contributed by atoms with Crippen molar-refractivity contribution in [1.29, 1.82) is 0 Å². The smallest absolute Gasteiger partial charge is 0.300 e. The van der Waals surface area contributed by atoms with Crippen LogP contribution in [-0.4, -0.2) is 37.0 Å². The molecule has 1 unspecified atom stereocenters. The first kappa shape index (κ1) is 21.6. The second-order valence-electron chi connectivity index (χ2n) is 8.13. The van der Waals surface area contributed by atoms with Gasteiger partial charge in [-0.05, 0) is 35.9 Å². The van der Waals surface area contributed by atoms with Crippen molar-refractivity contribution in [2.24, 2.45) is 0 Å². The Kier molecular flexibility index (Phi) is 5.28. The van der Waals surface area contributed by atoms with E-state index in [1.165, 1.54) is 0 Å². The fourth-order valence-electron chi connectivity index (χ4n) is 4.36. The van der Waals surface area contributed by atoms with Gasteiger partial charge in [0, 0.05) is 18.7 Å². The van der Waals surface area contributed by atoms with Crippen LogP contribution in [0, 0.1) is 11.6 Å². The zero-order chi connectivity index (χ0) is 24.0. The van der Waals surface area contributed by atoms with Crippen LogP contribution in [0.4, 0.5) is 20.2 Å².